The van der Waals surface area contributed by atoms with Gasteiger partial charge in [-0.25, -0.2) is 0 Å². The fraction of sp³-hybridized carbons (Fsp3) is 0.250. The molecule has 1 unspecified atom stereocenters. The number of hydrogen-bond donors (Lipinski definition) is 3. The predicted molar refractivity (Wildman–Crippen MR) is 58.5 cm³/mol. The van der Waals surface area contributed by atoms with Crippen LogP contribution in [0.1, 0.15) is 11.1 Å². The molecule has 1 rings (SSSR count). The minimum Gasteiger partial charge on any atom is -0.398 e. The Hall–Kier alpha value is -0.950. The molecule has 0 aliphatic heterocycles. The highest BCUT2D eigenvalue weighted by Gasteiger charge is 2.10. The highest BCUT2D eigenvalue weighted by molar-refractivity contribution is 7.28. The average molecular weight is 183 g/mol. The van der Waals surface area contributed by atoms with Gasteiger partial charge in [0.15, 0.2) is 0 Å². The van der Waals surface area contributed by atoms with E-state index in [2.05, 4.69) is 9.24 Å². The van der Waals surface area contributed by atoms with E-state index in [0.717, 1.165) is 16.4 Å². The zero-order valence-electron chi connectivity index (χ0n) is 7.31. The summed E-state index contributed by atoms with van der Waals surface area (Å²) in [6.45, 7) is 3.79. The van der Waals surface area contributed by atoms with Crippen LogP contribution in [-0.2, 0) is 0 Å². The van der Waals surface area contributed by atoms with E-state index in [1.54, 1.807) is 0 Å². The first-order valence-corrected chi connectivity index (χ1v) is 4.23. The van der Waals surface area contributed by atoms with Gasteiger partial charge in [0.1, 0.15) is 0 Å². The first-order valence-electron chi connectivity index (χ1n) is 3.65. The molecule has 0 saturated heterocycles. The Balaban J connectivity index is 3.60. The van der Waals surface area contributed by atoms with Gasteiger partial charge in [-0.15, -0.1) is 9.24 Å². The summed E-state index contributed by atoms with van der Waals surface area (Å²) in [4.78, 5) is 0. The van der Waals surface area contributed by atoms with E-state index < -0.39 is 0 Å². The van der Waals surface area contributed by atoms with Gasteiger partial charge in [-0.05, 0) is 25.0 Å². The second-order valence-electron chi connectivity index (χ2n) is 2.90. The number of rotatable bonds is 0. The largest absolute Gasteiger partial charge is 0.398 e. The lowest BCUT2D eigenvalue weighted by Gasteiger charge is -2.14. The van der Waals surface area contributed by atoms with Crippen LogP contribution in [0.4, 0.5) is 17.1 Å². The fourth-order valence-electron chi connectivity index (χ4n) is 1.12. The number of benzene rings is 1. The van der Waals surface area contributed by atoms with Gasteiger partial charge >= 0.3 is 0 Å². The highest BCUT2D eigenvalue weighted by atomic mass is 31.0. The Labute approximate surface area is 74.5 Å². The number of nitrogen functional groups attached to an aromatic ring is 3. The summed E-state index contributed by atoms with van der Waals surface area (Å²) in [5.41, 5.74) is 21.2. The molecule has 1 aromatic carbocycles. The first-order chi connectivity index (χ1) is 5.46. The van der Waals surface area contributed by atoms with Crippen molar-refractivity contribution >= 4 is 31.6 Å². The van der Waals surface area contributed by atoms with Crippen molar-refractivity contribution in [3.05, 3.63) is 11.1 Å². The van der Waals surface area contributed by atoms with Crippen LogP contribution in [0.2, 0.25) is 0 Å². The Kier molecular flexibility index (Phi) is 2.16. The van der Waals surface area contributed by atoms with Crippen LogP contribution in [0.25, 0.3) is 0 Å². The van der Waals surface area contributed by atoms with Gasteiger partial charge in [0, 0.05) is 22.4 Å². The normalized spacial score (nSPS) is 10.2. The molecule has 0 radical (unpaired) electrons. The quantitative estimate of drug-likeness (QED) is 0.406. The summed E-state index contributed by atoms with van der Waals surface area (Å²) in [5, 5.41) is 0.846. The lowest BCUT2D eigenvalue weighted by molar-refractivity contribution is 1.41. The second-order valence-corrected chi connectivity index (χ2v) is 3.48. The monoisotopic (exact) mass is 183 g/mol. The average Bonchev–Trinajstić information content (AvgIpc) is 2.08. The summed E-state index contributed by atoms with van der Waals surface area (Å²) < 4.78 is 0. The van der Waals surface area contributed by atoms with Gasteiger partial charge in [-0.3, -0.25) is 0 Å². The zero-order valence-corrected chi connectivity index (χ0v) is 8.46. The minimum atomic E-state index is 0.667. The highest BCUT2D eigenvalue weighted by Crippen LogP contribution is 2.27. The van der Waals surface area contributed by atoms with E-state index in [0.29, 0.717) is 17.1 Å². The Morgan fingerprint density at radius 3 is 1.50 bits per heavy atom. The van der Waals surface area contributed by atoms with E-state index in [9.17, 15) is 0 Å². The van der Waals surface area contributed by atoms with Gasteiger partial charge in [-0.1, -0.05) is 0 Å². The van der Waals surface area contributed by atoms with Crippen LogP contribution in [0, 0.1) is 13.8 Å². The summed E-state index contributed by atoms with van der Waals surface area (Å²) >= 11 is 0. The summed E-state index contributed by atoms with van der Waals surface area (Å²) in [7, 11) is 2.53. The van der Waals surface area contributed by atoms with Gasteiger partial charge in [-0.2, -0.15) is 0 Å². The third-order valence-electron chi connectivity index (χ3n) is 2.20. The molecule has 0 spiro atoms. The first kappa shape index (κ1) is 9.14. The molecule has 0 aliphatic carbocycles. The molecular formula is C8H14N3P. The standard InChI is InChI=1S/C8H14N3P/c1-3-5(9)4(2)7(11)8(12)6(3)10/h9-12H2,1-2H3. The van der Waals surface area contributed by atoms with Crippen molar-refractivity contribution in [2.75, 3.05) is 17.2 Å². The molecule has 3 nitrogen and oxygen atoms in total. The maximum Gasteiger partial charge on any atom is 0.0458 e. The topological polar surface area (TPSA) is 78.1 Å². The fourth-order valence-corrected chi connectivity index (χ4v) is 1.55. The molecule has 0 saturated carbocycles. The number of hydrogen-bond acceptors (Lipinski definition) is 3. The zero-order chi connectivity index (χ0) is 9.46. The molecule has 12 heavy (non-hydrogen) atoms. The number of nitrogens with two attached hydrogens (primary N) is 3. The molecule has 4 heteroatoms. The summed E-state index contributed by atoms with van der Waals surface area (Å²) in [5.74, 6) is 0. The maximum atomic E-state index is 5.78. The third-order valence-corrected chi connectivity index (χ3v) is 2.82. The van der Waals surface area contributed by atoms with E-state index in [-0.39, 0.29) is 0 Å². The molecule has 0 bridgehead atoms. The lowest BCUT2D eigenvalue weighted by Crippen LogP contribution is -2.14. The third kappa shape index (κ3) is 1.10. The van der Waals surface area contributed by atoms with Gasteiger partial charge in [0.2, 0.25) is 0 Å². The van der Waals surface area contributed by atoms with Crippen molar-refractivity contribution in [2.45, 2.75) is 13.8 Å². The van der Waals surface area contributed by atoms with Gasteiger partial charge in [0.25, 0.3) is 0 Å². The molecule has 0 heterocycles. The van der Waals surface area contributed by atoms with Crippen LogP contribution in [0.3, 0.4) is 0 Å². The Morgan fingerprint density at radius 2 is 1.17 bits per heavy atom. The van der Waals surface area contributed by atoms with E-state index >= 15 is 0 Å². The molecule has 1 aromatic rings. The van der Waals surface area contributed by atoms with Crippen LogP contribution >= 0.6 is 9.24 Å². The lowest BCUT2D eigenvalue weighted by atomic mass is 10.1. The molecule has 6 N–H and O–H groups in total. The molecule has 66 valence electrons. The molecule has 0 aliphatic rings. The van der Waals surface area contributed by atoms with Gasteiger partial charge < -0.3 is 17.2 Å². The van der Waals surface area contributed by atoms with E-state index in [1.807, 2.05) is 13.8 Å². The Morgan fingerprint density at radius 1 is 0.833 bits per heavy atom. The van der Waals surface area contributed by atoms with Crippen LogP contribution in [0.15, 0.2) is 0 Å². The van der Waals surface area contributed by atoms with Crippen molar-refractivity contribution in [3.8, 4) is 0 Å². The van der Waals surface area contributed by atoms with E-state index in [1.165, 1.54) is 0 Å². The van der Waals surface area contributed by atoms with Crippen molar-refractivity contribution in [3.63, 3.8) is 0 Å². The Bertz CT molecular complexity index is 229. The van der Waals surface area contributed by atoms with Crippen LogP contribution in [-0.4, -0.2) is 0 Å². The van der Waals surface area contributed by atoms with Crippen molar-refractivity contribution in [2.24, 2.45) is 0 Å². The molecule has 1 atom stereocenters. The minimum absolute atomic E-state index is 0.667. The molecular weight excluding hydrogens is 169 g/mol. The molecule has 0 fully saturated rings. The second kappa shape index (κ2) is 2.83. The summed E-state index contributed by atoms with van der Waals surface area (Å²) in [6.07, 6.45) is 0. The number of anilines is 3. The van der Waals surface area contributed by atoms with Crippen LogP contribution < -0.4 is 22.5 Å². The molecule has 0 aromatic heterocycles. The maximum absolute atomic E-state index is 5.78. The van der Waals surface area contributed by atoms with E-state index in [4.69, 9.17) is 17.2 Å². The van der Waals surface area contributed by atoms with Crippen LogP contribution in [0.5, 0.6) is 0 Å². The van der Waals surface area contributed by atoms with Gasteiger partial charge in [0.05, 0.1) is 0 Å². The van der Waals surface area contributed by atoms with Crippen molar-refractivity contribution in [1.29, 1.82) is 0 Å². The van der Waals surface area contributed by atoms with Crippen molar-refractivity contribution in [1.82, 2.24) is 0 Å². The predicted octanol–water partition coefficient (Wildman–Crippen LogP) is 0.550. The summed E-state index contributed by atoms with van der Waals surface area (Å²) in [6, 6.07) is 0. The smallest absolute Gasteiger partial charge is 0.0458 e. The SMILES string of the molecule is Cc1c(N)c(C)c(N)c(P)c1N. The van der Waals surface area contributed by atoms with Crippen molar-refractivity contribution < 1.29 is 0 Å². The molecule has 0 amide bonds.